The smallest absolute Gasteiger partial charge is 0.105 e. The Morgan fingerprint density at radius 2 is 2.05 bits per heavy atom. The molecule has 0 radical (unpaired) electrons. The minimum absolute atomic E-state index is 0.132. The van der Waals surface area contributed by atoms with Crippen molar-refractivity contribution in [1.82, 2.24) is 10.3 Å². The maximum absolute atomic E-state index is 5.58. The molecule has 1 N–H and O–H groups in total. The van der Waals surface area contributed by atoms with Crippen LogP contribution in [0.25, 0.3) is 0 Å². The highest BCUT2D eigenvalue weighted by Crippen LogP contribution is 2.26. The number of rotatable bonds is 4. The van der Waals surface area contributed by atoms with E-state index in [1.807, 2.05) is 13.8 Å². The molecule has 1 unspecified atom stereocenters. The zero-order chi connectivity index (χ0) is 14.9. The maximum Gasteiger partial charge on any atom is 0.105 e. The van der Waals surface area contributed by atoms with Gasteiger partial charge in [0.15, 0.2) is 0 Å². The predicted octanol–water partition coefficient (Wildman–Crippen LogP) is 4.50. The second-order valence-electron chi connectivity index (χ2n) is 6.37. The van der Waals surface area contributed by atoms with Crippen LogP contribution < -0.4 is 5.32 Å². The van der Waals surface area contributed by atoms with E-state index in [1.54, 1.807) is 11.3 Å². The number of hydrogen-bond acceptors (Lipinski definition) is 4. The first kappa shape index (κ1) is 15.3. The van der Waals surface area contributed by atoms with Gasteiger partial charge in [-0.15, -0.1) is 11.3 Å². The van der Waals surface area contributed by atoms with E-state index in [0.717, 1.165) is 23.8 Å². The van der Waals surface area contributed by atoms with E-state index < -0.39 is 0 Å². The van der Waals surface area contributed by atoms with Crippen molar-refractivity contribution in [2.24, 2.45) is 0 Å². The molecular formula is C16H24N2OS. The van der Waals surface area contributed by atoms with Crippen LogP contribution in [0.3, 0.4) is 0 Å². The minimum atomic E-state index is 0.132. The molecule has 0 aliphatic carbocycles. The molecule has 110 valence electrons. The molecule has 2 rings (SSSR count). The second kappa shape index (κ2) is 5.70. The Morgan fingerprint density at radius 3 is 2.55 bits per heavy atom. The molecule has 4 heteroatoms. The average Bonchev–Trinajstić information content (AvgIpc) is 2.92. The second-order valence-corrected chi connectivity index (χ2v) is 7.22. The first-order valence-electron chi connectivity index (χ1n) is 7.02. The van der Waals surface area contributed by atoms with Gasteiger partial charge in [0.2, 0.25) is 0 Å². The molecule has 2 aromatic heterocycles. The molecule has 0 amide bonds. The standard InChI is InChI=1S/C16H24N2OS/c1-10-7-14(12(3)19-10)11(2)17-8-13-9-20-15(18-13)16(4,5)6/h7,9,11,17H,8H2,1-6H3. The van der Waals surface area contributed by atoms with Crippen molar-refractivity contribution in [1.29, 1.82) is 0 Å². The third kappa shape index (κ3) is 3.49. The number of aryl methyl sites for hydroxylation is 2. The molecular weight excluding hydrogens is 268 g/mol. The van der Waals surface area contributed by atoms with Crippen molar-refractivity contribution >= 4 is 11.3 Å². The van der Waals surface area contributed by atoms with Gasteiger partial charge in [0.25, 0.3) is 0 Å². The lowest BCUT2D eigenvalue weighted by molar-refractivity contribution is 0.489. The average molecular weight is 292 g/mol. The zero-order valence-electron chi connectivity index (χ0n) is 13.2. The molecule has 1 atom stereocenters. The van der Waals surface area contributed by atoms with Crippen LogP contribution in [0.15, 0.2) is 15.9 Å². The SMILES string of the molecule is Cc1cc(C(C)NCc2csc(C(C)(C)C)n2)c(C)o1. The van der Waals surface area contributed by atoms with Crippen LogP contribution in [0.2, 0.25) is 0 Å². The van der Waals surface area contributed by atoms with Gasteiger partial charge in [-0.05, 0) is 26.8 Å². The van der Waals surface area contributed by atoms with Crippen molar-refractivity contribution in [3.05, 3.63) is 39.2 Å². The summed E-state index contributed by atoms with van der Waals surface area (Å²) in [5, 5.41) is 6.86. The summed E-state index contributed by atoms with van der Waals surface area (Å²) >= 11 is 1.74. The predicted molar refractivity (Wildman–Crippen MR) is 84.3 cm³/mol. The minimum Gasteiger partial charge on any atom is -0.466 e. The van der Waals surface area contributed by atoms with Crippen LogP contribution in [0.4, 0.5) is 0 Å². The Kier molecular flexibility index (Phi) is 4.35. The van der Waals surface area contributed by atoms with Gasteiger partial charge in [-0.25, -0.2) is 4.98 Å². The monoisotopic (exact) mass is 292 g/mol. The highest BCUT2D eigenvalue weighted by molar-refractivity contribution is 7.09. The Morgan fingerprint density at radius 1 is 1.35 bits per heavy atom. The summed E-state index contributed by atoms with van der Waals surface area (Å²) in [7, 11) is 0. The van der Waals surface area contributed by atoms with Gasteiger partial charge in [0.05, 0.1) is 10.7 Å². The van der Waals surface area contributed by atoms with Crippen molar-refractivity contribution in [3.8, 4) is 0 Å². The Balaban J connectivity index is 1.98. The van der Waals surface area contributed by atoms with Gasteiger partial charge in [0.1, 0.15) is 11.5 Å². The molecule has 3 nitrogen and oxygen atoms in total. The number of aromatic nitrogens is 1. The quantitative estimate of drug-likeness (QED) is 0.901. The van der Waals surface area contributed by atoms with Crippen LogP contribution in [-0.2, 0) is 12.0 Å². The lowest BCUT2D eigenvalue weighted by Gasteiger charge is -2.14. The van der Waals surface area contributed by atoms with E-state index in [1.165, 1.54) is 10.6 Å². The number of thiazole rings is 1. The van der Waals surface area contributed by atoms with Crippen LogP contribution in [0, 0.1) is 13.8 Å². The van der Waals surface area contributed by atoms with Crippen molar-refractivity contribution in [2.75, 3.05) is 0 Å². The van der Waals surface area contributed by atoms with Crippen LogP contribution in [0.1, 0.15) is 61.5 Å². The van der Waals surface area contributed by atoms with E-state index >= 15 is 0 Å². The van der Waals surface area contributed by atoms with Gasteiger partial charge in [-0.3, -0.25) is 0 Å². The van der Waals surface area contributed by atoms with Gasteiger partial charge in [-0.1, -0.05) is 20.8 Å². The Labute approximate surface area is 125 Å². The van der Waals surface area contributed by atoms with Crippen LogP contribution >= 0.6 is 11.3 Å². The third-order valence-corrected chi connectivity index (χ3v) is 4.65. The van der Waals surface area contributed by atoms with Crippen LogP contribution in [0.5, 0.6) is 0 Å². The fourth-order valence-corrected chi connectivity index (χ4v) is 3.09. The molecule has 0 aliphatic rings. The summed E-state index contributed by atoms with van der Waals surface area (Å²) < 4.78 is 5.58. The third-order valence-electron chi connectivity index (χ3n) is 3.33. The maximum atomic E-state index is 5.58. The number of nitrogens with one attached hydrogen (secondary N) is 1. The number of nitrogens with zero attached hydrogens (tertiary/aromatic N) is 1. The number of furan rings is 1. The summed E-state index contributed by atoms with van der Waals surface area (Å²) in [5.41, 5.74) is 2.48. The van der Waals surface area contributed by atoms with Crippen LogP contribution in [-0.4, -0.2) is 4.98 Å². The van der Waals surface area contributed by atoms with E-state index in [4.69, 9.17) is 9.40 Å². The Bertz CT molecular complexity index is 578. The van der Waals surface area contributed by atoms with E-state index in [9.17, 15) is 0 Å². The Hall–Kier alpha value is -1.13. The van der Waals surface area contributed by atoms with E-state index in [0.29, 0.717) is 0 Å². The lowest BCUT2D eigenvalue weighted by Crippen LogP contribution is -2.19. The molecule has 0 fully saturated rings. The van der Waals surface area contributed by atoms with Crippen molar-refractivity contribution < 1.29 is 4.42 Å². The fraction of sp³-hybridized carbons (Fsp3) is 0.562. The lowest BCUT2D eigenvalue weighted by atomic mass is 9.98. The van der Waals surface area contributed by atoms with Crippen molar-refractivity contribution in [3.63, 3.8) is 0 Å². The highest BCUT2D eigenvalue weighted by atomic mass is 32.1. The fourth-order valence-electron chi connectivity index (χ4n) is 2.18. The largest absolute Gasteiger partial charge is 0.466 e. The highest BCUT2D eigenvalue weighted by Gasteiger charge is 2.18. The first-order valence-corrected chi connectivity index (χ1v) is 7.90. The topological polar surface area (TPSA) is 38.1 Å². The number of hydrogen-bond donors (Lipinski definition) is 1. The molecule has 2 heterocycles. The molecule has 20 heavy (non-hydrogen) atoms. The summed E-state index contributed by atoms with van der Waals surface area (Å²) in [6.07, 6.45) is 0. The van der Waals surface area contributed by atoms with Gasteiger partial charge < -0.3 is 9.73 Å². The van der Waals surface area contributed by atoms with E-state index in [-0.39, 0.29) is 11.5 Å². The molecule has 0 aromatic carbocycles. The molecule has 0 bridgehead atoms. The molecule has 2 aromatic rings. The molecule has 0 saturated heterocycles. The normalized spacial score (nSPS) is 13.7. The van der Waals surface area contributed by atoms with Crippen molar-refractivity contribution in [2.45, 2.75) is 59.5 Å². The molecule has 0 aliphatic heterocycles. The summed E-state index contributed by atoms with van der Waals surface area (Å²) in [6.45, 7) is 13.5. The summed E-state index contributed by atoms with van der Waals surface area (Å²) in [5.74, 6) is 1.96. The van der Waals surface area contributed by atoms with E-state index in [2.05, 4.69) is 44.5 Å². The van der Waals surface area contributed by atoms with Gasteiger partial charge >= 0.3 is 0 Å². The molecule has 0 spiro atoms. The molecule has 0 saturated carbocycles. The summed E-state index contributed by atoms with van der Waals surface area (Å²) in [6, 6.07) is 2.38. The summed E-state index contributed by atoms with van der Waals surface area (Å²) in [4.78, 5) is 4.71. The first-order chi connectivity index (χ1) is 9.27. The van der Waals surface area contributed by atoms with Gasteiger partial charge in [-0.2, -0.15) is 0 Å². The van der Waals surface area contributed by atoms with Gasteiger partial charge in [0, 0.05) is 28.9 Å². The zero-order valence-corrected chi connectivity index (χ0v) is 14.0.